The highest BCUT2D eigenvalue weighted by Crippen LogP contribution is 2.28. The number of aliphatic hydroxyl groups excluding tert-OH is 1. The Morgan fingerprint density at radius 3 is 2.53 bits per heavy atom. The van der Waals surface area contributed by atoms with Gasteiger partial charge in [-0.1, -0.05) is 12.1 Å². The van der Waals surface area contributed by atoms with Gasteiger partial charge >= 0.3 is 0 Å². The minimum atomic E-state index is -0.335. The maximum Gasteiger partial charge on any atom is 0.292 e. The molecule has 0 aliphatic carbocycles. The summed E-state index contributed by atoms with van der Waals surface area (Å²) in [6.07, 6.45) is 0. The predicted octanol–water partition coefficient (Wildman–Crippen LogP) is 1.10. The third-order valence-electron chi connectivity index (χ3n) is 3.62. The van der Waals surface area contributed by atoms with E-state index in [4.69, 9.17) is 5.11 Å². The summed E-state index contributed by atoms with van der Waals surface area (Å²) >= 11 is 0. The highest BCUT2D eigenvalue weighted by molar-refractivity contribution is 5.63. The van der Waals surface area contributed by atoms with Crippen LogP contribution in [-0.4, -0.2) is 53.8 Å². The van der Waals surface area contributed by atoms with Crippen molar-refractivity contribution in [1.82, 2.24) is 4.90 Å². The predicted molar refractivity (Wildman–Crippen MR) is 73.4 cm³/mol. The molecule has 1 aromatic carbocycles. The van der Waals surface area contributed by atoms with Gasteiger partial charge in [0.1, 0.15) is 5.69 Å². The highest BCUT2D eigenvalue weighted by Gasteiger charge is 2.24. The molecule has 1 aliphatic rings. The molecule has 2 rings (SSSR count). The summed E-state index contributed by atoms with van der Waals surface area (Å²) in [5.41, 5.74) is 0.843. The SMILES string of the molecule is CC(CO)N1CCN(c2ccccc2[N+](=O)[O-])CC1. The molecular weight excluding hydrogens is 246 g/mol. The second kappa shape index (κ2) is 5.99. The monoisotopic (exact) mass is 265 g/mol. The number of para-hydroxylation sites is 2. The van der Waals surface area contributed by atoms with Crippen LogP contribution in [0.3, 0.4) is 0 Å². The molecule has 104 valence electrons. The number of nitrogens with zero attached hydrogens (tertiary/aromatic N) is 3. The molecule has 1 fully saturated rings. The Morgan fingerprint density at radius 2 is 1.95 bits per heavy atom. The number of nitro benzene ring substituents is 1. The van der Waals surface area contributed by atoms with E-state index in [-0.39, 0.29) is 23.3 Å². The first-order valence-corrected chi connectivity index (χ1v) is 6.46. The van der Waals surface area contributed by atoms with E-state index in [1.165, 1.54) is 6.07 Å². The smallest absolute Gasteiger partial charge is 0.292 e. The van der Waals surface area contributed by atoms with E-state index in [1.54, 1.807) is 12.1 Å². The van der Waals surface area contributed by atoms with Crippen LogP contribution in [0.2, 0.25) is 0 Å². The summed E-state index contributed by atoms with van der Waals surface area (Å²) in [5.74, 6) is 0. The number of piperazine rings is 1. The van der Waals surface area contributed by atoms with Crippen LogP contribution in [-0.2, 0) is 0 Å². The molecule has 0 amide bonds. The van der Waals surface area contributed by atoms with E-state index in [0.29, 0.717) is 5.69 Å². The Bertz CT molecular complexity index is 445. The summed E-state index contributed by atoms with van der Waals surface area (Å²) in [4.78, 5) is 14.9. The lowest BCUT2D eigenvalue weighted by molar-refractivity contribution is -0.384. The van der Waals surface area contributed by atoms with Crippen molar-refractivity contribution in [3.8, 4) is 0 Å². The molecule has 19 heavy (non-hydrogen) atoms. The van der Waals surface area contributed by atoms with E-state index >= 15 is 0 Å². The van der Waals surface area contributed by atoms with Crippen LogP contribution in [0.15, 0.2) is 24.3 Å². The Labute approximate surface area is 112 Å². The molecule has 1 unspecified atom stereocenters. The number of aliphatic hydroxyl groups is 1. The van der Waals surface area contributed by atoms with Crippen LogP contribution in [0.1, 0.15) is 6.92 Å². The molecular formula is C13H19N3O3. The molecule has 1 aliphatic heterocycles. The fourth-order valence-corrected chi connectivity index (χ4v) is 2.41. The Morgan fingerprint density at radius 1 is 1.32 bits per heavy atom. The van der Waals surface area contributed by atoms with Crippen LogP contribution in [0.25, 0.3) is 0 Å². The number of anilines is 1. The molecule has 1 atom stereocenters. The third kappa shape index (κ3) is 3.02. The van der Waals surface area contributed by atoms with Crippen molar-refractivity contribution in [1.29, 1.82) is 0 Å². The van der Waals surface area contributed by atoms with Gasteiger partial charge in [-0.3, -0.25) is 15.0 Å². The van der Waals surface area contributed by atoms with Gasteiger partial charge in [0.25, 0.3) is 5.69 Å². The first kappa shape index (κ1) is 13.8. The molecule has 1 N–H and O–H groups in total. The number of nitro groups is 1. The average Bonchev–Trinajstić information content (AvgIpc) is 2.46. The first-order valence-electron chi connectivity index (χ1n) is 6.46. The zero-order chi connectivity index (χ0) is 13.8. The normalized spacial score (nSPS) is 18.3. The topological polar surface area (TPSA) is 69.8 Å². The number of hydrogen-bond acceptors (Lipinski definition) is 5. The maximum absolute atomic E-state index is 11.0. The molecule has 0 saturated carbocycles. The second-order valence-corrected chi connectivity index (χ2v) is 4.80. The molecule has 6 nitrogen and oxygen atoms in total. The lowest BCUT2D eigenvalue weighted by Crippen LogP contribution is -2.50. The van der Waals surface area contributed by atoms with E-state index < -0.39 is 0 Å². The van der Waals surface area contributed by atoms with Crippen molar-refractivity contribution >= 4 is 11.4 Å². The van der Waals surface area contributed by atoms with Crippen LogP contribution in [0.5, 0.6) is 0 Å². The lowest BCUT2D eigenvalue weighted by atomic mass is 10.2. The molecule has 1 heterocycles. The van der Waals surface area contributed by atoms with Crippen LogP contribution in [0, 0.1) is 10.1 Å². The Kier molecular flexibility index (Phi) is 4.34. The molecule has 0 bridgehead atoms. The number of rotatable bonds is 4. The van der Waals surface area contributed by atoms with Gasteiger partial charge in [-0.05, 0) is 13.0 Å². The van der Waals surface area contributed by atoms with Crippen LogP contribution in [0.4, 0.5) is 11.4 Å². The van der Waals surface area contributed by atoms with Gasteiger partial charge < -0.3 is 10.0 Å². The van der Waals surface area contributed by atoms with Gasteiger partial charge in [-0.25, -0.2) is 0 Å². The van der Waals surface area contributed by atoms with Crippen molar-refractivity contribution < 1.29 is 10.0 Å². The van der Waals surface area contributed by atoms with Gasteiger partial charge in [-0.2, -0.15) is 0 Å². The number of benzene rings is 1. The van der Waals surface area contributed by atoms with Crippen molar-refractivity contribution in [2.75, 3.05) is 37.7 Å². The van der Waals surface area contributed by atoms with Gasteiger partial charge in [-0.15, -0.1) is 0 Å². The van der Waals surface area contributed by atoms with Crippen molar-refractivity contribution in [3.05, 3.63) is 34.4 Å². The molecule has 0 radical (unpaired) electrons. The average molecular weight is 265 g/mol. The molecule has 6 heteroatoms. The Hall–Kier alpha value is -1.66. The van der Waals surface area contributed by atoms with Crippen LogP contribution < -0.4 is 4.90 Å². The lowest BCUT2D eigenvalue weighted by Gasteiger charge is -2.38. The van der Waals surface area contributed by atoms with Gasteiger partial charge in [0.15, 0.2) is 0 Å². The summed E-state index contributed by atoms with van der Waals surface area (Å²) in [5, 5.41) is 20.2. The maximum atomic E-state index is 11.0. The largest absolute Gasteiger partial charge is 0.395 e. The third-order valence-corrected chi connectivity index (χ3v) is 3.62. The summed E-state index contributed by atoms with van der Waals surface area (Å²) in [6, 6.07) is 6.99. The van der Waals surface area contributed by atoms with E-state index in [2.05, 4.69) is 4.90 Å². The Balaban J connectivity index is 2.08. The van der Waals surface area contributed by atoms with E-state index in [9.17, 15) is 10.1 Å². The number of hydrogen-bond donors (Lipinski definition) is 1. The quantitative estimate of drug-likeness (QED) is 0.652. The highest BCUT2D eigenvalue weighted by atomic mass is 16.6. The van der Waals surface area contributed by atoms with Crippen molar-refractivity contribution in [3.63, 3.8) is 0 Å². The van der Waals surface area contributed by atoms with E-state index in [0.717, 1.165) is 26.2 Å². The molecule has 0 spiro atoms. The fourth-order valence-electron chi connectivity index (χ4n) is 2.41. The van der Waals surface area contributed by atoms with E-state index in [1.807, 2.05) is 17.9 Å². The van der Waals surface area contributed by atoms with Gasteiger partial charge in [0.2, 0.25) is 0 Å². The van der Waals surface area contributed by atoms with Crippen LogP contribution >= 0.6 is 0 Å². The summed E-state index contributed by atoms with van der Waals surface area (Å²) in [7, 11) is 0. The standard InChI is InChI=1S/C13H19N3O3/c1-11(10-17)14-6-8-15(9-7-14)12-4-2-3-5-13(12)16(18)19/h2-5,11,17H,6-10H2,1H3. The second-order valence-electron chi connectivity index (χ2n) is 4.80. The minimum Gasteiger partial charge on any atom is -0.395 e. The first-order chi connectivity index (χ1) is 9.13. The van der Waals surface area contributed by atoms with Crippen molar-refractivity contribution in [2.45, 2.75) is 13.0 Å². The zero-order valence-corrected chi connectivity index (χ0v) is 11.0. The summed E-state index contributed by atoms with van der Waals surface area (Å²) in [6.45, 7) is 5.25. The van der Waals surface area contributed by atoms with Gasteiger partial charge in [0.05, 0.1) is 11.5 Å². The zero-order valence-electron chi connectivity index (χ0n) is 11.0. The minimum absolute atomic E-state index is 0.144. The van der Waals surface area contributed by atoms with Gasteiger partial charge in [0, 0.05) is 38.3 Å². The van der Waals surface area contributed by atoms with Crippen molar-refractivity contribution in [2.24, 2.45) is 0 Å². The fraction of sp³-hybridized carbons (Fsp3) is 0.538. The summed E-state index contributed by atoms with van der Waals surface area (Å²) < 4.78 is 0. The molecule has 1 saturated heterocycles. The molecule has 1 aromatic rings. The molecule has 0 aromatic heterocycles.